The Hall–Kier alpha value is -3.86. The first kappa shape index (κ1) is 22.8. The quantitative estimate of drug-likeness (QED) is 0.398. The summed E-state index contributed by atoms with van der Waals surface area (Å²) in [6.07, 6.45) is 0. The number of nitrogens with one attached hydrogen (secondary N) is 1. The molecule has 10 nitrogen and oxygen atoms in total. The third kappa shape index (κ3) is 5.43. The van der Waals surface area contributed by atoms with Gasteiger partial charge >= 0.3 is 11.9 Å². The number of ether oxygens (including phenoxy) is 3. The molecule has 0 saturated heterocycles. The van der Waals surface area contributed by atoms with Crippen LogP contribution in [0.5, 0.6) is 5.75 Å². The van der Waals surface area contributed by atoms with Crippen LogP contribution in [0.1, 0.15) is 20.7 Å². The monoisotopic (exact) mass is 457 g/mol. The van der Waals surface area contributed by atoms with Gasteiger partial charge in [0.05, 0.1) is 43.8 Å². The minimum absolute atomic E-state index is 0.0520. The topological polar surface area (TPSA) is 130 Å². The van der Waals surface area contributed by atoms with Crippen LogP contribution in [-0.4, -0.2) is 55.1 Å². The molecule has 0 bridgehead atoms. The Morgan fingerprint density at radius 1 is 0.969 bits per heavy atom. The van der Waals surface area contributed by atoms with Crippen molar-refractivity contribution in [1.29, 1.82) is 0 Å². The fraction of sp³-hybridized carbons (Fsp3) is 0.190. The van der Waals surface area contributed by atoms with Crippen LogP contribution in [-0.2, 0) is 14.3 Å². The van der Waals surface area contributed by atoms with E-state index < -0.39 is 17.8 Å². The van der Waals surface area contributed by atoms with Gasteiger partial charge in [0.25, 0.3) is 11.1 Å². The predicted molar refractivity (Wildman–Crippen MR) is 115 cm³/mol. The van der Waals surface area contributed by atoms with Gasteiger partial charge in [-0.3, -0.25) is 4.79 Å². The Kier molecular flexibility index (Phi) is 7.45. The van der Waals surface area contributed by atoms with Gasteiger partial charge in [-0.15, -0.1) is 10.2 Å². The molecule has 0 radical (unpaired) electrons. The van der Waals surface area contributed by atoms with E-state index in [0.29, 0.717) is 11.3 Å². The molecular weight excluding hydrogens is 438 g/mol. The van der Waals surface area contributed by atoms with Gasteiger partial charge in [0.1, 0.15) is 5.75 Å². The first-order valence-electron chi connectivity index (χ1n) is 9.16. The summed E-state index contributed by atoms with van der Waals surface area (Å²) in [4.78, 5) is 36.1. The van der Waals surface area contributed by atoms with E-state index >= 15 is 0 Å². The van der Waals surface area contributed by atoms with Gasteiger partial charge in [-0.05, 0) is 30.3 Å². The number of para-hydroxylation sites is 1. The molecule has 11 heteroatoms. The van der Waals surface area contributed by atoms with E-state index in [-0.39, 0.29) is 33.7 Å². The molecule has 1 N–H and O–H groups in total. The fourth-order valence-electron chi connectivity index (χ4n) is 2.69. The second-order valence-corrected chi connectivity index (χ2v) is 7.12. The maximum absolute atomic E-state index is 12.4. The summed E-state index contributed by atoms with van der Waals surface area (Å²) in [6.45, 7) is 0. The Morgan fingerprint density at radius 2 is 1.62 bits per heavy atom. The molecule has 0 aliphatic carbocycles. The van der Waals surface area contributed by atoms with Crippen molar-refractivity contribution < 1.29 is 33.0 Å². The summed E-state index contributed by atoms with van der Waals surface area (Å²) in [5.41, 5.74) is 1.06. The number of hydrogen-bond donors (Lipinski definition) is 1. The van der Waals surface area contributed by atoms with Crippen LogP contribution >= 0.6 is 11.8 Å². The molecule has 3 aromatic rings. The number of amides is 1. The highest BCUT2D eigenvalue weighted by Crippen LogP contribution is 2.30. The molecular formula is C21H19N3O7S. The Bertz CT molecular complexity index is 1110. The van der Waals surface area contributed by atoms with E-state index in [0.717, 1.165) is 11.8 Å². The van der Waals surface area contributed by atoms with Crippen molar-refractivity contribution in [2.45, 2.75) is 5.22 Å². The van der Waals surface area contributed by atoms with Crippen molar-refractivity contribution >= 4 is 35.3 Å². The summed E-state index contributed by atoms with van der Waals surface area (Å²) in [7, 11) is 3.97. The lowest BCUT2D eigenvalue weighted by molar-refractivity contribution is -0.113. The summed E-state index contributed by atoms with van der Waals surface area (Å²) in [5.74, 6) is -0.935. The summed E-state index contributed by atoms with van der Waals surface area (Å²) < 4.78 is 20.2. The molecule has 0 aliphatic rings. The van der Waals surface area contributed by atoms with E-state index in [1.165, 1.54) is 39.5 Å². The molecule has 3 rings (SSSR count). The van der Waals surface area contributed by atoms with Crippen LogP contribution < -0.4 is 10.1 Å². The van der Waals surface area contributed by atoms with Gasteiger partial charge in [0, 0.05) is 5.69 Å². The number of nitrogens with zero attached hydrogens (tertiary/aromatic N) is 2. The number of esters is 2. The van der Waals surface area contributed by atoms with Crippen molar-refractivity contribution in [2.75, 3.05) is 32.4 Å². The first-order chi connectivity index (χ1) is 15.4. The molecule has 0 fully saturated rings. The number of methoxy groups -OCH3 is 3. The van der Waals surface area contributed by atoms with Crippen LogP contribution in [0.3, 0.4) is 0 Å². The third-order valence-corrected chi connectivity index (χ3v) is 4.95. The van der Waals surface area contributed by atoms with Gasteiger partial charge in [-0.1, -0.05) is 23.9 Å². The summed E-state index contributed by atoms with van der Waals surface area (Å²) >= 11 is 1.03. The van der Waals surface area contributed by atoms with Crippen LogP contribution in [0.15, 0.2) is 52.1 Å². The molecule has 0 unspecified atom stereocenters. The Balaban J connectivity index is 1.68. The number of carbonyl (C=O) groups excluding carboxylic acids is 3. The Labute approximate surface area is 187 Å². The van der Waals surface area contributed by atoms with Crippen LogP contribution in [0.25, 0.3) is 11.5 Å². The molecule has 166 valence electrons. The van der Waals surface area contributed by atoms with Crippen LogP contribution in [0, 0.1) is 0 Å². The van der Waals surface area contributed by atoms with Crippen LogP contribution in [0.4, 0.5) is 5.69 Å². The molecule has 2 aromatic carbocycles. The normalized spacial score (nSPS) is 10.3. The SMILES string of the molecule is COC(=O)c1cc(NC(=O)CSc2nnc(-c3ccccc3OC)o2)cc(C(=O)OC)c1. The summed E-state index contributed by atoms with van der Waals surface area (Å²) in [5, 5.41) is 10.7. The lowest BCUT2D eigenvalue weighted by atomic mass is 10.1. The maximum Gasteiger partial charge on any atom is 0.337 e. The highest BCUT2D eigenvalue weighted by atomic mass is 32.2. The van der Waals surface area contributed by atoms with E-state index in [1.807, 2.05) is 12.1 Å². The lowest BCUT2D eigenvalue weighted by Gasteiger charge is -2.09. The van der Waals surface area contributed by atoms with Crippen molar-refractivity contribution in [2.24, 2.45) is 0 Å². The standard InChI is InChI=1S/C21H19N3O7S/c1-28-16-7-5-4-6-15(16)18-23-24-21(31-18)32-11-17(25)22-14-9-12(19(26)29-2)8-13(10-14)20(27)30-3/h4-10H,11H2,1-3H3,(H,22,25). The number of thioether (sulfide) groups is 1. The third-order valence-electron chi connectivity index (χ3n) is 4.13. The molecule has 0 atom stereocenters. The summed E-state index contributed by atoms with van der Waals surface area (Å²) in [6, 6.07) is 11.3. The van der Waals surface area contributed by atoms with E-state index in [2.05, 4.69) is 25.0 Å². The van der Waals surface area contributed by atoms with E-state index in [4.69, 9.17) is 9.15 Å². The number of anilines is 1. The first-order valence-corrected chi connectivity index (χ1v) is 10.1. The number of hydrogen-bond acceptors (Lipinski definition) is 10. The molecule has 1 amide bonds. The molecule has 1 heterocycles. The van der Waals surface area contributed by atoms with Crippen molar-refractivity contribution in [3.05, 3.63) is 53.6 Å². The minimum atomic E-state index is -0.657. The van der Waals surface area contributed by atoms with E-state index in [1.54, 1.807) is 12.1 Å². The Morgan fingerprint density at radius 3 is 2.25 bits per heavy atom. The largest absolute Gasteiger partial charge is 0.496 e. The highest BCUT2D eigenvalue weighted by molar-refractivity contribution is 7.99. The van der Waals surface area contributed by atoms with Gasteiger partial charge in [-0.2, -0.15) is 0 Å². The van der Waals surface area contributed by atoms with Gasteiger partial charge in [-0.25, -0.2) is 9.59 Å². The highest BCUT2D eigenvalue weighted by Gasteiger charge is 2.17. The lowest BCUT2D eigenvalue weighted by Crippen LogP contribution is -2.16. The van der Waals surface area contributed by atoms with Crippen molar-refractivity contribution in [3.8, 4) is 17.2 Å². The van der Waals surface area contributed by atoms with Crippen molar-refractivity contribution in [3.63, 3.8) is 0 Å². The van der Waals surface area contributed by atoms with Crippen LogP contribution in [0.2, 0.25) is 0 Å². The zero-order valence-electron chi connectivity index (χ0n) is 17.4. The van der Waals surface area contributed by atoms with Gasteiger partial charge in [0.2, 0.25) is 5.91 Å². The minimum Gasteiger partial charge on any atom is -0.496 e. The molecule has 0 aliphatic heterocycles. The second-order valence-electron chi connectivity index (χ2n) is 6.19. The second kappa shape index (κ2) is 10.4. The molecule has 1 aromatic heterocycles. The van der Waals surface area contributed by atoms with Crippen molar-refractivity contribution in [1.82, 2.24) is 10.2 Å². The average molecular weight is 457 g/mol. The molecule has 0 saturated carbocycles. The maximum atomic E-state index is 12.4. The zero-order chi connectivity index (χ0) is 23.1. The zero-order valence-corrected chi connectivity index (χ0v) is 18.2. The average Bonchev–Trinajstić information content (AvgIpc) is 3.30. The smallest absolute Gasteiger partial charge is 0.337 e. The number of rotatable bonds is 8. The molecule has 32 heavy (non-hydrogen) atoms. The fourth-order valence-corrected chi connectivity index (χ4v) is 3.26. The number of aromatic nitrogens is 2. The predicted octanol–water partition coefficient (Wildman–Crippen LogP) is 3.05. The van der Waals surface area contributed by atoms with Gasteiger partial charge in [0.15, 0.2) is 0 Å². The number of benzene rings is 2. The number of carbonyl (C=O) groups is 3. The van der Waals surface area contributed by atoms with Gasteiger partial charge < -0.3 is 23.9 Å². The molecule has 0 spiro atoms. The van der Waals surface area contributed by atoms with E-state index in [9.17, 15) is 14.4 Å².